The van der Waals surface area contributed by atoms with E-state index in [9.17, 15) is 4.39 Å². The highest BCUT2D eigenvalue weighted by Crippen LogP contribution is 2.17. The van der Waals surface area contributed by atoms with Crippen LogP contribution in [-0.2, 0) is 13.1 Å². The van der Waals surface area contributed by atoms with E-state index in [1.165, 1.54) is 6.07 Å². The van der Waals surface area contributed by atoms with E-state index >= 15 is 0 Å². The first kappa shape index (κ1) is 16.4. The van der Waals surface area contributed by atoms with Gasteiger partial charge in [0, 0.05) is 18.6 Å². The van der Waals surface area contributed by atoms with Crippen LogP contribution in [0, 0.1) is 5.82 Å². The van der Waals surface area contributed by atoms with Crippen LogP contribution in [0.4, 0.5) is 4.39 Å². The molecule has 2 rings (SSSR count). The van der Waals surface area contributed by atoms with Crippen molar-refractivity contribution in [3.05, 3.63) is 45.9 Å². The summed E-state index contributed by atoms with van der Waals surface area (Å²) in [5.74, 6) is 0.688. The van der Waals surface area contributed by atoms with Crippen LogP contribution in [0.3, 0.4) is 0 Å². The molecule has 118 valence electrons. The number of hydrogen-bond donors (Lipinski definition) is 2. The molecule has 2 heterocycles. The van der Waals surface area contributed by atoms with Gasteiger partial charge in [-0.15, -0.1) is 11.3 Å². The van der Waals surface area contributed by atoms with E-state index in [4.69, 9.17) is 0 Å². The average Bonchev–Trinajstić information content (AvgIpc) is 2.98. The Hall–Kier alpha value is -2.02. The molecule has 0 unspecified atom stereocenters. The minimum absolute atomic E-state index is 0.279. The van der Waals surface area contributed by atoms with Gasteiger partial charge < -0.3 is 10.6 Å². The fourth-order valence-corrected chi connectivity index (χ4v) is 2.66. The van der Waals surface area contributed by atoms with Crippen LogP contribution < -0.4 is 10.6 Å². The van der Waals surface area contributed by atoms with Crippen molar-refractivity contribution in [2.45, 2.75) is 32.9 Å². The minimum Gasteiger partial charge on any atom is -0.351 e. The number of rotatable bonds is 5. The van der Waals surface area contributed by atoms with Gasteiger partial charge in [0.1, 0.15) is 10.8 Å². The van der Waals surface area contributed by atoms with Gasteiger partial charge in [0.25, 0.3) is 0 Å². The lowest BCUT2D eigenvalue weighted by molar-refractivity contribution is 0.592. The van der Waals surface area contributed by atoms with Gasteiger partial charge >= 0.3 is 0 Å². The molecule has 0 amide bonds. The molecule has 0 radical (unpaired) electrons. The topological polar surface area (TPSA) is 62.2 Å². The Balaban J connectivity index is 1.86. The van der Waals surface area contributed by atoms with Crippen LogP contribution in [0.1, 0.15) is 36.2 Å². The lowest BCUT2D eigenvalue weighted by Gasteiger charge is -2.10. The molecule has 2 N–H and O–H groups in total. The van der Waals surface area contributed by atoms with Crippen molar-refractivity contribution < 1.29 is 4.39 Å². The second-order valence-corrected chi connectivity index (χ2v) is 5.97. The molecule has 7 heteroatoms. The Morgan fingerprint density at radius 3 is 2.77 bits per heavy atom. The molecule has 0 atom stereocenters. The van der Waals surface area contributed by atoms with E-state index in [1.807, 2.05) is 0 Å². The standard InChI is InChI=1S/C15H20FN5S/c1-10(2)13-9-22-14(21-13)8-20-15(17-3)19-7-12-11(16)5-4-6-18-12/h4-6,9-10H,7-8H2,1-3H3,(H2,17,19,20). The maximum absolute atomic E-state index is 13.5. The van der Waals surface area contributed by atoms with Gasteiger partial charge in [-0.05, 0) is 18.1 Å². The van der Waals surface area contributed by atoms with Crippen molar-refractivity contribution in [1.29, 1.82) is 0 Å². The quantitative estimate of drug-likeness (QED) is 0.656. The molecule has 0 fully saturated rings. The van der Waals surface area contributed by atoms with E-state index in [2.05, 4.69) is 44.8 Å². The van der Waals surface area contributed by atoms with E-state index in [-0.39, 0.29) is 12.4 Å². The Labute approximate surface area is 133 Å². The van der Waals surface area contributed by atoms with Gasteiger partial charge in [0.15, 0.2) is 5.96 Å². The van der Waals surface area contributed by atoms with E-state index < -0.39 is 0 Å². The Morgan fingerprint density at radius 2 is 2.14 bits per heavy atom. The van der Waals surface area contributed by atoms with Gasteiger partial charge in [-0.1, -0.05) is 13.8 Å². The molecule has 5 nitrogen and oxygen atoms in total. The zero-order valence-corrected chi connectivity index (χ0v) is 13.7. The number of aliphatic imine (C=N–C) groups is 1. The van der Waals surface area contributed by atoms with Crippen LogP contribution in [-0.4, -0.2) is 23.0 Å². The van der Waals surface area contributed by atoms with Crippen molar-refractivity contribution in [2.24, 2.45) is 4.99 Å². The smallest absolute Gasteiger partial charge is 0.191 e. The highest BCUT2D eigenvalue weighted by molar-refractivity contribution is 7.09. The minimum atomic E-state index is -0.327. The number of halogens is 1. The second kappa shape index (κ2) is 7.84. The third-order valence-corrected chi connectivity index (χ3v) is 3.92. The molecule has 0 aliphatic heterocycles. The van der Waals surface area contributed by atoms with E-state index in [1.54, 1.807) is 30.6 Å². The number of guanidine groups is 1. The summed E-state index contributed by atoms with van der Waals surface area (Å²) in [7, 11) is 1.67. The Bertz CT molecular complexity index is 638. The lowest BCUT2D eigenvalue weighted by Crippen LogP contribution is -2.36. The molecule has 0 aromatic carbocycles. The van der Waals surface area contributed by atoms with Crippen LogP contribution >= 0.6 is 11.3 Å². The maximum Gasteiger partial charge on any atom is 0.191 e. The average molecular weight is 321 g/mol. The molecule has 0 saturated heterocycles. The van der Waals surface area contributed by atoms with Crippen LogP contribution in [0.5, 0.6) is 0 Å². The van der Waals surface area contributed by atoms with E-state index in [0.29, 0.717) is 24.1 Å². The van der Waals surface area contributed by atoms with Crippen molar-refractivity contribution in [3.63, 3.8) is 0 Å². The van der Waals surface area contributed by atoms with Gasteiger partial charge in [0.05, 0.1) is 24.5 Å². The van der Waals surface area contributed by atoms with Gasteiger partial charge in [-0.25, -0.2) is 9.37 Å². The predicted octanol–water partition coefficient (Wildman–Crippen LogP) is 2.67. The molecule has 22 heavy (non-hydrogen) atoms. The molecular formula is C15H20FN5S. The monoisotopic (exact) mass is 321 g/mol. The number of pyridine rings is 1. The summed E-state index contributed by atoms with van der Waals surface area (Å²) in [5, 5.41) is 9.27. The summed E-state index contributed by atoms with van der Waals surface area (Å²) >= 11 is 1.62. The Kier molecular flexibility index (Phi) is 5.83. The first-order valence-corrected chi connectivity index (χ1v) is 7.96. The molecule has 0 aliphatic rings. The summed E-state index contributed by atoms with van der Waals surface area (Å²) in [5.41, 5.74) is 1.46. The number of aromatic nitrogens is 2. The highest BCUT2D eigenvalue weighted by Gasteiger charge is 2.07. The Morgan fingerprint density at radius 1 is 1.36 bits per heavy atom. The maximum atomic E-state index is 13.5. The first-order chi connectivity index (χ1) is 10.6. The predicted molar refractivity (Wildman–Crippen MR) is 87.4 cm³/mol. The third kappa shape index (κ3) is 4.49. The molecular weight excluding hydrogens is 301 g/mol. The summed E-state index contributed by atoms with van der Waals surface area (Å²) in [6.45, 7) is 5.10. The summed E-state index contributed by atoms with van der Waals surface area (Å²) in [6.07, 6.45) is 1.57. The molecule has 0 saturated carbocycles. The largest absolute Gasteiger partial charge is 0.351 e. The number of nitrogens with one attached hydrogen (secondary N) is 2. The molecule has 2 aromatic rings. The third-order valence-electron chi connectivity index (χ3n) is 3.05. The molecule has 0 bridgehead atoms. The SMILES string of the molecule is CN=C(NCc1nc(C(C)C)cs1)NCc1ncccc1F. The van der Waals surface area contributed by atoms with Gasteiger partial charge in [-0.3, -0.25) is 9.98 Å². The molecule has 2 aromatic heterocycles. The van der Waals surface area contributed by atoms with Gasteiger partial charge in [0.2, 0.25) is 0 Å². The fourth-order valence-electron chi connectivity index (χ4n) is 1.77. The fraction of sp³-hybridized carbons (Fsp3) is 0.400. The van der Waals surface area contributed by atoms with Crippen LogP contribution in [0.2, 0.25) is 0 Å². The van der Waals surface area contributed by atoms with Crippen molar-refractivity contribution in [3.8, 4) is 0 Å². The van der Waals surface area contributed by atoms with Crippen molar-refractivity contribution >= 4 is 17.3 Å². The zero-order chi connectivity index (χ0) is 15.9. The first-order valence-electron chi connectivity index (χ1n) is 7.08. The number of nitrogens with zero attached hydrogens (tertiary/aromatic N) is 3. The number of hydrogen-bond acceptors (Lipinski definition) is 4. The summed E-state index contributed by atoms with van der Waals surface area (Å²) in [6, 6.07) is 2.96. The number of thiazole rings is 1. The molecule has 0 spiro atoms. The zero-order valence-electron chi connectivity index (χ0n) is 12.9. The summed E-state index contributed by atoms with van der Waals surface area (Å²) < 4.78 is 13.5. The van der Waals surface area contributed by atoms with E-state index in [0.717, 1.165) is 10.7 Å². The van der Waals surface area contributed by atoms with Crippen molar-refractivity contribution in [1.82, 2.24) is 20.6 Å². The normalized spacial score (nSPS) is 11.8. The second-order valence-electron chi connectivity index (χ2n) is 5.03. The summed E-state index contributed by atoms with van der Waals surface area (Å²) in [4.78, 5) is 12.7. The highest BCUT2D eigenvalue weighted by atomic mass is 32.1. The lowest BCUT2D eigenvalue weighted by atomic mass is 10.2. The van der Waals surface area contributed by atoms with Crippen LogP contribution in [0.15, 0.2) is 28.7 Å². The van der Waals surface area contributed by atoms with Crippen molar-refractivity contribution in [2.75, 3.05) is 7.05 Å². The van der Waals surface area contributed by atoms with Crippen LogP contribution in [0.25, 0.3) is 0 Å². The van der Waals surface area contributed by atoms with Gasteiger partial charge in [-0.2, -0.15) is 0 Å². The molecule has 0 aliphatic carbocycles.